The van der Waals surface area contributed by atoms with Crippen LogP contribution in [0.2, 0.25) is 0 Å². The Bertz CT molecular complexity index is 844. The van der Waals surface area contributed by atoms with Gasteiger partial charge in [-0.3, -0.25) is 9.78 Å². The number of amides is 1. The molecule has 2 aromatic carbocycles. The van der Waals surface area contributed by atoms with Crippen LogP contribution in [0.3, 0.4) is 0 Å². The van der Waals surface area contributed by atoms with Crippen LogP contribution >= 0.6 is 15.9 Å². The summed E-state index contributed by atoms with van der Waals surface area (Å²) in [4.78, 5) is 16.9. The van der Waals surface area contributed by atoms with Crippen molar-refractivity contribution >= 4 is 38.4 Å². The van der Waals surface area contributed by atoms with Gasteiger partial charge >= 0.3 is 0 Å². The van der Waals surface area contributed by atoms with Crippen LogP contribution in [0.15, 0.2) is 59.2 Å². The lowest BCUT2D eigenvalue weighted by Gasteiger charge is -2.10. The molecule has 0 aliphatic carbocycles. The number of halogens is 1. The zero-order valence-electron chi connectivity index (χ0n) is 11.8. The Hall–Kier alpha value is -2.40. The number of hydrogen-bond donors (Lipinski definition) is 1. The maximum Gasteiger partial charge on any atom is 0.257 e. The van der Waals surface area contributed by atoms with Crippen molar-refractivity contribution in [2.75, 3.05) is 12.4 Å². The number of benzene rings is 2. The van der Waals surface area contributed by atoms with Crippen molar-refractivity contribution in [1.82, 2.24) is 4.98 Å². The molecule has 0 aliphatic heterocycles. The molecule has 1 amide bonds. The van der Waals surface area contributed by atoms with Gasteiger partial charge in [0.15, 0.2) is 0 Å². The number of para-hydroxylation sites is 1. The molecule has 22 heavy (non-hydrogen) atoms. The Kier molecular flexibility index (Phi) is 4.06. The number of pyridine rings is 1. The molecule has 0 saturated carbocycles. The molecule has 0 bridgehead atoms. The van der Waals surface area contributed by atoms with Gasteiger partial charge in [-0.1, -0.05) is 18.2 Å². The number of anilines is 1. The van der Waals surface area contributed by atoms with E-state index in [2.05, 4.69) is 26.2 Å². The van der Waals surface area contributed by atoms with Gasteiger partial charge < -0.3 is 10.1 Å². The SMILES string of the molecule is COc1ccc(Br)c(C(=O)Nc2cccc3cccnc23)c1. The normalized spacial score (nSPS) is 10.5. The van der Waals surface area contributed by atoms with Crippen molar-refractivity contribution in [3.63, 3.8) is 0 Å². The van der Waals surface area contributed by atoms with E-state index in [9.17, 15) is 4.79 Å². The van der Waals surface area contributed by atoms with E-state index in [1.54, 1.807) is 31.5 Å². The van der Waals surface area contributed by atoms with E-state index in [4.69, 9.17) is 4.74 Å². The van der Waals surface area contributed by atoms with E-state index in [1.165, 1.54) is 0 Å². The maximum absolute atomic E-state index is 12.5. The van der Waals surface area contributed by atoms with E-state index in [-0.39, 0.29) is 5.91 Å². The van der Waals surface area contributed by atoms with Gasteiger partial charge in [0.2, 0.25) is 0 Å². The predicted octanol–water partition coefficient (Wildman–Crippen LogP) is 4.26. The summed E-state index contributed by atoms with van der Waals surface area (Å²) in [5.41, 5.74) is 1.95. The molecule has 0 unspecified atom stereocenters. The second kappa shape index (κ2) is 6.15. The minimum absolute atomic E-state index is 0.219. The van der Waals surface area contributed by atoms with Crippen molar-refractivity contribution in [1.29, 1.82) is 0 Å². The van der Waals surface area contributed by atoms with E-state index in [0.717, 1.165) is 10.9 Å². The smallest absolute Gasteiger partial charge is 0.257 e. The first-order valence-corrected chi connectivity index (χ1v) is 7.47. The lowest BCUT2D eigenvalue weighted by molar-refractivity contribution is 0.102. The number of carbonyl (C=O) groups is 1. The van der Waals surface area contributed by atoms with E-state index in [1.807, 2.05) is 30.3 Å². The number of fused-ring (bicyclic) bond motifs is 1. The number of nitrogens with zero attached hydrogens (tertiary/aromatic N) is 1. The minimum Gasteiger partial charge on any atom is -0.497 e. The van der Waals surface area contributed by atoms with Gasteiger partial charge in [-0.15, -0.1) is 0 Å². The molecule has 0 fully saturated rings. The number of ether oxygens (including phenoxy) is 1. The summed E-state index contributed by atoms with van der Waals surface area (Å²) >= 11 is 3.39. The summed E-state index contributed by atoms with van der Waals surface area (Å²) in [7, 11) is 1.57. The Labute approximate surface area is 136 Å². The van der Waals surface area contributed by atoms with Crippen LogP contribution in [0.1, 0.15) is 10.4 Å². The summed E-state index contributed by atoms with van der Waals surface area (Å²) in [5, 5.41) is 3.88. The first-order chi connectivity index (χ1) is 10.7. The summed E-state index contributed by atoms with van der Waals surface area (Å²) < 4.78 is 5.87. The van der Waals surface area contributed by atoms with Gasteiger partial charge in [0.1, 0.15) is 5.75 Å². The van der Waals surface area contributed by atoms with Gasteiger partial charge in [-0.25, -0.2) is 0 Å². The van der Waals surface area contributed by atoms with Crippen LogP contribution in [-0.4, -0.2) is 18.0 Å². The van der Waals surface area contributed by atoms with Crippen molar-refractivity contribution in [3.05, 3.63) is 64.8 Å². The molecular weight excluding hydrogens is 344 g/mol. The van der Waals surface area contributed by atoms with Crippen LogP contribution in [0.25, 0.3) is 10.9 Å². The summed E-state index contributed by atoms with van der Waals surface area (Å²) in [5.74, 6) is 0.410. The fraction of sp³-hybridized carbons (Fsp3) is 0.0588. The number of carbonyl (C=O) groups excluding carboxylic acids is 1. The third-order valence-electron chi connectivity index (χ3n) is 3.30. The fourth-order valence-corrected chi connectivity index (χ4v) is 2.63. The van der Waals surface area contributed by atoms with Gasteiger partial charge in [0, 0.05) is 16.1 Å². The number of aromatic nitrogens is 1. The highest BCUT2D eigenvalue weighted by Crippen LogP contribution is 2.25. The van der Waals surface area contributed by atoms with E-state index in [0.29, 0.717) is 21.5 Å². The average Bonchev–Trinajstić information content (AvgIpc) is 2.55. The Morgan fingerprint density at radius 1 is 1.18 bits per heavy atom. The van der Waals surface area contributed by atoms with Crippen LogP contribution in [-0.2, 0) is 0 Å². The van der Waals surface area contributed by atoms with Crippen molar-refractivity contribution in [2.24, 2.45) is 0 Å². The van der Waals surface area contributed by atoms with E-state index >= 15 is 0 Å². The Balaban J connectivity index is 1.97. The highest BCUT2D eigenvalue weighted by atomic mass is 79.9. The molecule has 3 aromatic rings. The number of rotatable bonds is 3. The topological polar surface area (TPSA) is 51.2 Å². The number of methoxy groups -OCH3 is 1. The second-order valence-corrected chi connectivity index (χ2v) is 5.53. The number of hydrogen-bond acceptors (Lipinski definition) is 3. The molecule has 0 spiro atoms. The van der Waals surface area contributed by atoms with Crippen molar-refractivity contribution < 1.29 is 9.53 Å². The van der Waals surface area contributed by atoms with Crippen LogP contribution < -0.4 is 10.1 Å². The molecular formula is C17H13BrN2O2. The monoisotopic (exact) mass is 356 g/mol. The molecule has 0 aliphatic rings. The molecule has 110 valence electrons. The predicted molar refractivity (Wildman–Crippen MR) is 90.4 cm³/mol. The average molecular weight is 357 g/mol. The number of nitrogens with one attached hydrogen (secondary N) is 1. The standard InChI is InChI=1S/C17H13BrN2O2/c1-22-12-7-8-14(18)13(10-12)17(21)20-15-6-2-4-11-5-3-9-19-16(11)15/h2-10H,1H3,(H,20,21). The molecule has 0 saturated heterocycles. The van der Waals surface area contributed by atoms with Gasteiger partial charge in [-0.05, 0) is 46.3 Å². The summed E-state index contributed by atoms with van der Waals surface area (Å²) in [6, 6.07) is 14.8. The maximum atomic E-state index is 12.5. The quantitative estimate of drug-likeness (QED) is 0.762. The zero-order chi connectivity index (χ0) is 15.5. The molecule has 3 rings (SSSR count). The highest BCUT2D eigenvalue weighted by molar-refractivity contribution is 9.10. The molecule has 5 heteroatoms. The van der Waals surface area contributed by atoms with Crippen LogP contribution in [0, 0.1) is 0 Å². The first kappa shape index (κ1) is 14.5. The largest absolute Gasteiger partial charge is 0.497 e. The van der Waals surface area contributed by atoms with Crippen LogP contribution in [0.4, 0.5) is 5.69 Å². The highest BCUT2D eigenvalue weighted by Gasteiger charge is 2.13. The molecule has 1 N–H and O–H groups in total. The lowest BCUT2D eigenvalue weighted by atomic mass is 10.1. The molecule has 4 nitrogen and oxygen atoms in total. The van der Waals surface area contributed by atoms with Crippen molar-refractivity contribution in [3.8, 4) is 5.75 Å². The lowest BCUT2D eigenvalue weighted by Crippen LogP contribution is -2.13. The fourth-order valence-electron chi connectivity index (χ4n) is 2.20. The summed E-state index contributed by atoms with van der Waals surface area (Å²) in [6.07, 6.45) is 1.71. The summed E-state index contributed by atoms with van der Waals surface area (Å²) in [6.45, 7) is 0. The first-order valence-electron chi connectivity index (χ1n) is 6.67. The second-order valence-electron chi connectivity index (χ2n) is 4.68. The van der Waals surface area contributed by atoms with Gasteiger partial charge in [-0.2, -0.15) is 0 Å². The Morgan fingerprint density at radius 3 is 2.82 bits per heavy atom. The zero-order valence-corrected chi connectivity index (χ0v) is 13.4. The molecule has 0 radical (unpaired) electrons. The van der Waals surface area contributed by atoms with Gasteiger partial charge in [0.05, 0.1) is 23.9 Å². The van der Waals surface area contributed by atoms with Gasteiger partial charge in [0.25, 0.3) is 5.91 Å². The third-order valence-corrected chi connectivity index (χ3v) is 3.99. The minimum atomic E-state index is -0.219. The van der Waals surface area contributed by atoms with Crippen molar-refractivity contribution in [2.45, 2.75) is 0 Å². The van der Waals surface area contributed by atoms with E-state index < -0.39 is 0 Å². The Morgan fingerprint density at radius 2 is 2.00 bits per heavy atom. The molecule has 0 atom stereocenters. The van der Waals surface area contributed by atoms with Crippen LogP contribution in [0.5, 0.6) is 5.75 Å². The molecule has 1 heterocycles. The third kappa shape index (κ3) is 2.80. The molecule has 1 aromatic heterocycles.